The number of rotatable bonds is 3. The molecule has 0 aromatic heterocycles. The third-order valence-electron chi connectivity index (χ3n) is 1.45. The highest BCUT2D eigenvalue weighted by molar-refractivity contribution is 5.80. The average molecular weight is 160 g/mol. The second kappa shape index (κ2) is 3.69. The zero-order chi connectivity index (χ0) is 9.07. The number of nitrogens with two attached hydrogens (primary N) is 1. The predicted molar refractivity (Wildman–Crippen MR) is 42.7 cm³/mol. The van der Waals surface area contributed by atoms with Gasteiger partial charge in [-0.2, -0.15) is 0 Å². The number of primary amides is 1. The molecule has 4 nitrogen and oxygen atoms in total. The molecule has 0 aliphatic heterocycles. The number of hydrogen-bond acceptors (Lipinski definition) is 3. The van der Waals surface area contributed by atoms with Crippen molar-refractivity contribution in [2.24, 2.45) is 11.1 Å². The normalized spacial score (nSPS) is 14.5. The summed E-state index contributed by atoms with van der Waals surface area (Å²) in [4.78, 5) is 10.8. The lowest BCUT2D eigenvalue weighted by molar-refractivity contribution is -0.122. The van der Waals surface area contributed by atoms with Crippen molar-refractivity contribution in [1.29, 1.82) is 0 Å². The quantitative estimate of drug-likeness (QED) is 0.484. The molecule has 4 heteroatoms. The fourth-order valence-electron chi connectivity index (χ4n) is 0.925. The summed E-state index contributed by atoms with van der Waals surface area (Å²) in [5.41, 5.74) is 4.84. The largest absolute Gasteiger partial charge is 0.381 e. The molecule has 0 rings (SSSR count). The molecule has 1 atom stereocenters. The van der Waals surface area contributed by atoms with Crippen LogP contribution in [0.15, 0.2) is 0 Å². The summed E-state index contributed by atoms with van der Waals surface area (Å²) in [5, 5.41) is 11.1. The molecule has 4 N–H and O–H groups in total. The van der Waals surface area contributed by atoms with Gasteiger partial charge in [0.15, 0.2) is 0 Å². The molecule has 0 bridgehead atoms. The molecular weight excluding hydrogens is 144 g/mol. The van der Waals surface area contributed by atoms with Gasteiger partial charge in [-0.25, -0.2) is 0 Å². The molecule has 0 fully saturated rings. The van der Waals surface area contributed by atoms with Gasteiger partial charge in [-0.1, -0.05) is 20.8 Å². The molecule has 0 radical (unpaired) electrons. The average Bonchev–Trinajstić information content (AvgIpc) is 1.79. The van der Waals surface area contributed by atoms with E-state index in [0.717, 1.165) is 0 Å². The van der Waals surface area contributed by atoms with E-state index in [0.29, 0.717) is 0 Å². The van der Waals surface area contributed by atoms with Gasteiger partial charge in [-0.05, 0) is 5.41 Å². The lowest BCUT2D eigenvalue weighted by atomic mass is 9.86. The van der Waals surface area contributed by atoms with E-state index in [2.05, 4.69) is 5.32 Å². The Labute approximate surface area is 66.8 Å². The van der Waals surface area contributed by atoms with Crippen LogP contribution < -0.4 is 11.1 Å². The number of aliphatic hydroxyl groups excluding tert-OH is 1. The minimum atomic E-state index is -0.479. The van der Waals surface area contributed by atoms with E-state index in [1.807, 2.05) is 20.8 Å². The van der Waals surface area contributed by atoms with Gasteiger partial charge in [0, 0.05) is 0 Å². The van der Waals surface area contributed by atoms with Crippen molar-refractivity contribution in [2.75, 3.05) is 6.73 Å². The van der Waals surface area contributed by atoms with Crippen LogP contribution in [0.5, 0.6) is 0 Å². The second-order valence-electron chi connectivity index (χ2n) is 3.56. The van der Waals surface area contributed by atoms with Crippen molar-refractivity contribution in [1.82, 2.24) is 5.32 Å². The SMILES string of the molecule is CC(C)(C)[C@H](NCO)C(N)=O. The van der Waals surface area contributed by atoms with Gasteiger partial charge in [-0.3, -0.25) is 10.1 Å². The second-order valence-corrected chi connectivity index (χ2v) is 3.56. The minimum Gasteiger partial charge on any atom is -0.381 e. The van der Waals surface area contributed by atoms with Crippen LogP contribution in [0.1, 0.15) is 20.8 Å². The van der Waals surface area contributed by atoms with Crippen molar-refractivity contribution in [3.8, 4) is 0 Å². The topological polar surface area (TPSA) is 75.3 Å². The van der Waals surface area contributed by atoms with Gasteiger partial charge >= 0.3 is 0 Å². The first-order chi connectivity index (χ1) is 4.89. The smallest absolute Gasteiger partial charge is 0.235 e. The molecule has 0 aliphatic carbocycles. The van der Waals surface area contributed by atoms with E-state index < -0.39 is 11.9 Å². The first-order valence-electron chi connectivity index (χ1n) is 3.53. The van der Waals surface area contributed by atoms with Gasteiger partial charge in [0.1, 0.15) is 0 Å². The molecule has 0 spiro atoms. The maximum absolute atomic E-state index is 10.8. The van der Waals surface area contributed by atoms with E-state index in [4.69, 9.17) is 10.8 Å². The standard InChI is InChI=1S/C7H16N2O2/c1-7(2,3)5(6(8)11)9-4-10/h5,9-10H,4H2,1-3H3,(H2,8,11)/t5-/m1/s1. The fourth-order valence-corrected chi connectivity index (χ4v) is 0.925. The summed E-state index contributed by atoms with van der Waals surface area (Å²) in [5.74, 6) is -0.438. The Hall–Kier alpha value is -0.610. The Kier molecular flexibility index (Phi) is 3.48. The summed E-state index contributed by atoms with van der Waals surface area (Å²) in [6.07, 6.45) is 0. The highest BCUT2D eigenvalue weighted by Gasteiger charge is 2.28. The van der Waals surface area contributed by atoms with Crippen LogP contribution in [-0.4, -0.2) is 23.8 Å². The number of hydrogen-bond donors (Lipinski definition) is 3. The molecule has 1 amide bonds. The fraction of sp³-hybridized carbons (Fsp3) is 0.857. The summed E-state index contributed by atoms with van der Waals surface area (Å²) in [6, 6.07) is -0.479. The molecule has 0 aromatic carbocycles. The molecule has 0 aliphatic rings. The number of nitrogens with one attached hydrogen (secondary N) is 1. The highest BCUT2D eigenvalue weighted by atomic mass is 16.3. The van der Waals surface area contributed by atoms with Crippen LogP contribution in [0.3, 0.4) is 0 Å². The number of amides is 1. The van der Waals surface area contributed by atoms with Gasteiger partial charge in [0.05, 0.1) is 12.8 Å². The third kappa shape index (κ3) is 3.34. The zero-order valence-corrected chi connectivity index (χ0v) is 7.22. The molecule has 0 unspecified atom stereocenters. The van der Waals surface area contributed by atoms with Crippen molar-refractivity contribution in [3.63, 3.8) is 0 Å². The minimum absolute atomic E-state index is 0.231. The molecule has 11 heavy (non-hydrogen) atoms. The van der Waals surface area contributed by atoms with Crippen molar-refractivity contribution < 1.29 is 9.90 Å². The van der Waals surface area contributed by atoms with E-state index in [1.54, 1.807) is 0 Å². The van der Waals surface area contributed by atoms with E-state index in [-0.39, 0.29) is 12.1 Å². The maximum atomic E-state index is 10.8. The lowest BCUT2D eigenvalue weighted by Crippen LogP contribution is -2.50. The molecule has 0 saturated heterocycles. The van der Waals surface area contributed by atoms with Gasteiger partial charge < -0.3 is 10.8 Å². The lowest BCUT2D eigenvalue weighted by Gasteiger charge is -2.27. The van der Waals surface area contributed by atoms with E-state index in [1.165, 1.54) is 0 Å². The summed E-state index contributed by atoms with van der Waals surface area (Å²) >= 11 is 0. The Morgan fingerprint density at radius 2 is 2.09 bits per heavy atom. The molecular formula is C7H16N2O2. The molecule has 0 saturated carbocycles. The number of aliphatic hydroxyl groups is 1. The van der Waals surface area contributed by atoms with Crippen LogP contribution in [0.25, 0.3) is 0 Å². The third-order valence-corrected chi connectivity index (χ3v) is 1.45. The monoisotopic (exact) mass is 160 g/mol. The van der Waals surface area contributed by atoms with Crippen LogP contribution in [-0.2, 0) is 4.79 Å². The Balaban J connectivity index is 4.22. The van der Waals surface area contributed by atoms with E-state index in [9.17, 15) is 4.79 Å². The van der Waals surface area contributed by atoms with Crippen LogP contribution in [0.4, 0.5) is 0 Å². The zero-order valence-electron chi connectivity index (χ0n) is 7.22. The van der Waals surface area contributed by atoms with Gasteiger partial charge in [-0.15, -0.1) is 0 Å². The summed E-state index contributed by atoms with van der Waals surface area (Å²) in [7, 11) is 0. The highest BCUT2D eigenvalue weighted by Crippen LogP contribution is 2.18. The molecule has 0 aromatic rings. The number of carbonyl (C=O) groups is 1. The van der Waals surface area contributed by atoms with Crippen LogP contribution in [0, 0.1) is 5.41 Å². The summed E-state index contributed by atoms with van der Waals surface area (Å²) < 4.78 is 0. The van der Waals surface area contributed by atoms with Crippen LogP contribution >= 0.6 is 0 Å². The Morgan fingerprint density at radius 1 is 1.64 bits per heavy atom. The van der Waals surface area contributed by atoms with Crippen molar-refractivity contribution in [2.45, 2.75) is 26.8 Å². The van der Waals surface area contributed by atoms with E-state index >= 15 is 0 Å². The molecule has 0 heterocycles. The van der Waals surface area contributed by atoms with Crippen LogP contribution in [0.2, 0.25) is 0 Å². The van der Waals surface area contributed by atoms with Crippen molar-refractivity contribution in [3.05, 3.63) is 0 Å². The first kappa shape index (κ1) is 10.4. The maximum Gasteiger partial charge on any atom is 0.235 e. The first-order valence-corrected chi connectivity index (χ1v) is 3.53. The summed E-state index contributed by atoms with van der Waals surface area (Å²) in [6.45, 7) is 5.41. The molecule has 66 valence electrons. The Morgan fingerprint density at radius 3 is 2.18 bits per heavy atom. The predicted octanol–water partition coefficient (Wildman–Crippen LogP) is -0.574. The Bertz CT molecular complexity index is 140. The van der Waals surface area contributed by atoms with Crippen molar-refractivity contribution >= 4 is 5.91 Å². The number of carbonyl (C=O) groups excluding carboxylic acids is 1. The van der Waals surface area contributed by atoms with Gasteiger partial charge in [0.2, 0.25) is 5.91 Å². The van der Waals surface area contributed by atoms with Gasteiger partial charge in [0.25, 0.3) is 0 Å².